The summed E-state index contributed by atoms with van der Waals surface area (Å²) < 4.78 is 29.6. The average molecular weight is 418 g/mol. The Balaban J connectivity index is 1.95. The van der Waals surface area contributed by atoms with Gasteiger partial charge in [0.15, 0.2) is 4.80 Å². The molecule has 28 heavy (non-hydrogen) atoms. The highest BCUT2D eigenvalue weighted by Gasteiger charge is 2.21. The van der Waals surface area contributed by atoms with E-state index in [1.807, 2.05) is 35.8 Å². The Bertz CT molecular complexity index is 1160. The van der Waals surface area contributed by atoms with Crippen molar-refractivity contribution < 1.29 is 13.2 Å². The zero-order valence-corrected chi connectivity index (χ0v) is 17.8. The number of thiazole rings is 1. The number of hydrogen-bond donors (Lipinski definition) is 0. The minimum atomic E-state index is -3.54. The van der Waals surface area contributed by atoms with E-state index in [9.17, 15) is 13.2 Å². The van der Waals surface area contributed by atoms with Gasteiger partial charge < -0.3 is 4.57 Å². The fourth-order valence-electron chi connectivity index (χ4n) is 3.05. The van der Waals surface area contributed by atoms with E-state index in [4.69, 9.17) is 0 Å². The summed E-state index contributed by atoms with van der Waals surface area (Å²) in [6.07, 6.45) is 0. The van der Waals surface area contributed by atoms with E-state index in [-0.39, 0.29) is 10.8 Å². The zero-order valence-electron chi connectivity index (χ0n) is 16.1. The number of benzene rings is 2. The average Bonchev–Trinajstić information content (AvgIpc) is 3.05. The highest BCUT2D eigenvalue weighted by molar-refractivity contribution is 7.89. The molecule has 0 aliphatic heterocycles. The smallest absolute Gasteiger partial charge is 0.279 e. The van der Waals surface area contributed by atoms with E-state index in [1.54, 1.807) is 13.8 Å². The van der Waals surface area contributed by atoms with Crippen molar-refractivity contribution in [3.63, 3.8) is 0 Å². The van der Waals surface area contributed by atoms with E-state index < -0.39 is 10.0 Å². The summed E-state index contributed by atoms with van der Waals surface area (Å²) in [5, 5.41) is 0. The molecule has 0 aliphatic rings. The van der Waals surface area contributed by atoms with Gasteiger partial charge >= 0.3 is 0 Å². The first kappa shape index (κ1) is 20.4. The number of amides is 1. The minimum Gasteiger partial charge on any atom is -0.317 e. The molecule has 1 aromatic heterocycles. The van der Waals surface area contributed by atoms with Crippen LogP contribution in [-0.4, -0.2) is 36.3 Å². The summed E-state index contributed by atoms with van der Waals surface area (Å²) in [5.41, 5.74) is 1.40. The Morgan fingerprint density at radius 1 is 1.04 bits per heavy atom. The third-order valence-electron chi connectivity index (χ3n) is 4.55. The van der Waals surface area contributed by atoms with Crippen molar-refractivity contribution >= 4 is 37.5 Å². The lowest BCUT2D eigenvalue weighted by atomic mass is 10.2. The van der Waals surface area contributed by atoms with Crippen LogP contribution in [0.25, 0.3) is 10.2 Å². The van der Waals surface area contributed by atoms with Gasteiger partial charge in [0.1, 0.15) is 0 Å². The molecule has 2 aromatic carbocycles. The molecule has 0 N–H and O–H groups in total. The number of hydrogen-bond acceptors (Lipinski definition) is 4. The fourth-order valence-corrected chi connectivity index (χ4v) is 5.60. The predicted octanol–water partition coefficient (Wildman–Crippen LogP) is 3.49. The van der Waals surface area contributed by atoms with Crippen LogP contribution in [-0.2, 0) is 16.6 Å². The van der Waals surface area contributed by atoms with Gasteiger partial charge in [-0.1, -0.05) is 37.3 Å². The molecule has 148 valence electrons. The molecule has 1 amide bonds. The van der Waals surface area contributed by atoms with Crippen LogP contribution in [0.15, 0.2) is 58.4 Å². The number of rotatable bonds is 6. The zero-order chi connectivity index (χ0) is 20.3. The lowest BCUT2D eigenvalue weighted by Crippen LogP contribution is -2.30. The van der Waals surface area contributed by atoms with Crippen LogP contribution in [0.3, 0.4) is 0 Å². The second-order valence-electron chi connectivity index (χ2n) is 6.13. The molecule has 8 heteroatoms. The second-order valence-corrected chi connectivity index (χ2v) is 9.07. The van der Waals surface area contributed by atoms with Gasteiger partial charge in [-0.05, 0) is 43.3 Å². The Hall–Kier alpha value is -2.29. The lowest BCUT2D eigenvalue weighted by Gasteiger charge is -2.18. The molecular weight excluding hydrogens is 394 g/mol. The molecule has 0 radical (unpaired) electrons. The van der Waals surface area contributed by atoms with Crippen molar-refractivity contribution in [2.24, 2.45) is 4.99 Å². The Morgan fingerprint density at radius 2 is 1.68 bits per heavy atom. The van der Waals surface area contributed by atoms with Crippen LogP contribution >= 0.6 is 11.3 Å². The number of carbonyl (C=O) groups is 1. The van der Waals surface area contributed by atoms with Crippen LogP contribution in [0.1, 0.15) is 31.1 Å². The lowest BCUT2D eigenvalue weighted by molar-refractivity contribution is 0.0997. The summed E-state index contributed by atoms with van der Waals surface area (Å²) >= 11 is 1.46. The molecular formula is C20H23N3O3S2. The maximum Gasteiger partial charge on any atom is 0.279 e. The molecule has 3 aromatic rings. The maximum absolute atomic E-state index is 12.6. The summed E-state index contributed by atoms with van der Waals surface area (Å²) in [7, 11) is -3.54. The first-order chi connectivity index (χ1) is 13.4. The molecule has 1 heterocycles. The number of fused-ring (bicyclic) bond motifs is 1. The molecule has 0 aliphatic carbocycles. The second kappa shape index (κ2) is 8.38. The van der Waals surface area contributed by atoms with Gasteiger partial charge in [-0.25, -0.2) is 8.42 Å². The molecule has 6 nitrogen and oxygen atoms in total. The first-order valence-corrected chi connectivity index (χ1v) is 11.5. The third-order valence-corrected chi connectivity index (χ3v) is 7.67. The van der Waals surface area contributed by atoms with Gasteiger partial charge in [0.25, 0.3) is 5.91 Å². The summed E-state index contributed by atoms with van der Waals surface area (Å²) in [6.45, 7) is 7.11. The van der Waals surface area contributed by atoms with E-state index >= 15 is 0 Å². The van der Waals surface area contributed by atoms with Crippen molar-refractivity contribution in [1.29, 1.82) is 0 Å². The molecule has 0 bridgehead atoms. The van der Waals surface area contributed by atoms with Gasteiger partial charge in [0.2, 0.25) is 10.0 Å². The molecule has 0 saturated heterocycles. The van der Waals surface area contributed by atoms with Crippen LogP contribution in [0, 0.1) is 0 Å². The number of nitrogens with zero attached hydrogens (tertiary/aromatic N) is 3. The molecule has 0 fully saturated rings. The molecule has 0 saturated carbocycles. The van der Waals surface area contributed by atoms with Crippen molar-refractivity contribution in [3.8, 4) is 0 Å². The predicted molar refractivity (Wildman–Crippen MR) is 112 cm³/mol. The minimum absolute atomic E-state index is 0.179. The van der Waals surface area contributed by atoms with Gasteiger partial charge in [0, 0.05) is 25.2 Å². The fraction of sp³-hybridized carbons (Fsp3) is 0.300. The number of aromatic nitrogens is 1. The highest BCUT2D eigenvalue weighted by Crippen LogP contribution is 2.18. The van der Waals surface area contributed by atoms with Crippen LogP contribution in [0.4, 0.5) is 0 Å². The summed E-state index contributed by atoms with van der Waals surface area (Å²) in [6, 6.07) is 13.9. The van der Waals surface area contributed by atoms with Crippen LogP contribution in [0.5, 0.6) is 0 Å². The standard InChI is InChI=1S/C20H23N3O3S2/c1-4-22(5-2)28(25,26)16-13-11-15(12-14-16)19(24)21-20-23(6-3)17-9-7-8-10-18(17)27-20/h7-14H,4-6H2,1-3H3. The quantitative estimate of drug-likeness (QED) is 0.616. The molecule has 0 atom stereocenters. The van der Waals surface area contributed by atoms with Crippen LogP contribution in [0.2, 0.25) is 0 Å². The maximum atomic E-state index is 12.6. The molecule has 3 rings (SSSR count). The number of carbonyl (C=O) groups excluding carboxylic acids is 1. The molecule has 0 spiro atoms. The summed E-state index contributed by atoms with van der Waals surface area (Å²) in [4.78, 5) is 17.7. The van der Waals surface area contributed by atoms with Gasteiger partial charge in [-0.15, -0.1) is 0 Å². The number of aryl methyl sites for hydroxylation is 1. The van der Waals surface area contributed by atoms with Crippen molar-refractivity contribution in [2.45, 2.75) is 32.2 Å². The summed E-state index contributed by atoms with van der Waals surface area (Å²) in [5.74, 6) is -0.388. The topological polar surface area (TPSA) is 71.7 Å². The Labute approximate surface area is 168 Å². The van der Waals surface area contributed by atoms with E-state index in [2.05, 4.69) is 4.99 Å². The largest absolute Gasteiger partial charge is 0.317 e. The number of para-hydroxylation sites is 1. The normalized spacial score (nSPS) is 12.8. The van der Waals surface area contributed by atoms with Gasteiger partial charge in [0.05, 0.1) is 15.1 Å². The van der Waals surface area contributed by atoms with E-state index in [1.165, 1.54) is 39.9 Å². The molecule has 0 unspecified atom stereocenters. The van der Waals surface area contributed by atoms with Crippen LogP contribution < -0.4 is 4.80 Å². The van der Waals surface area contributed by atoms with Crippen molar-refractivity contribution in [3.05, 3.63) is 58.9 Å². The highest BCUT2D eigenvalue weighted by atomic mass is 32.2. The monoisotopic (exact) mass is 417 g/mol. The Morgan fingerprint density at radius 3 is 2.29 bits per heavy atom. The van der Waals surface area contributed by atoms with Crippen molar-refractivity contribution in [2.75, 3.05) is 13.1 Å². The first-order valence-electron chi connectivity index (χ1n) is 9.20. The van der Waals surface area contributed by atoms with E-state index in [0.29, 0.717) is 30.0 Å². The third kappa shape index (κ3) is 3.80. The van der Waals surface area contributed by atoms with Gasteiger partial charge in [-0.2, -0.15) is 9.30 Å². The Kier molecular flexibility index (Phi) is 6.12. The van der Waals surface area contributed by atoms with E-state index in [0.717, 1.165) is 10.2 Å². The van der Waals surface area contributed by atoms with Crippen molar-refractivity contribution in [1.82, 2.24) is 8.87 Å². The SMILES string of the molecule is CCN(CC)S(=O)(=O)c1ccc(C(=O)N=c2sc3ccccc3n2CC)cc1. The number of sulfonamides is 1. The van der Waals surface area contributed by atoms with Gasteiger partial charge in [-0.3, -0.25) is 4.79 Å².